The van der Waals surface area contributed by atoms with Crippen LogP contribution in [0.25, 0.3) is 10.9 Å². The van der Waals surface area contributed by atoms with Gasteiger partial charge in [0, 0.05) is 17.5 Å². The monoisotopic (exact) mass is 275 g/mol. The molecule has 0 saturated heterocycles. The van der Waals surface area contributed by atoms with Crippen molar-refractivity contribution in [3.63, 3.8) is 0 Å². The van der Waals surface area contributed by atoms with E-state index in [1.54, 1.807) is 6.33 Å². The molecule has 1 aromatic heterocycles. The molecule has 108 valence electrons. The minimum Gasteiger partial charge on any atom is -0.490 e. The van der Waals surface area contributed by atoms with Crippen molar-refractivity contribution in [2.45, 2.75) is 33.7 Å². The van der Waals surface area contributed by atoms with Crippen LogP contribution in [0.2, 0.25) is 0 Å². The Hall–Kier alpha value is -2.04. The second-order valence-electron chi connectivity index (χ2n) is 4.70. The molecule has 0 aliphatic rings. The molecule has 20 heavy (non-hydrogen) atoms. The lowest BCUT2D eigenvalue weighted by Crippen LogP contribution is -2.11. The number of anilines is 1. The number of rotatable bonds is 6. The van der Waals surface area contributed by atoms with Gasteiger partial charge in [0.05, 0.1) is 18.7 Å². The van der Waals surface area contributed by atoms with Gasteiger partial charge in [-0.3, -0.25) is 0 Å². The Labute approximate surface area is 119 Å². The summed E-state index contributed by atoms with van der Waals surface area (Å²) in [6, 6.07) is 4.14. The Balaban J connectivity index is 2.54. The molecular weight excluding hydrogens is 254 g/mol. The number of nitrogens with zero attached hydrogens (tertiary/aromatic N) is 2. The van der Waals surface area contributed by atoms with Crippen LogP contribution in [0.1, 0.15) is 27.7 Å². The third-order valence-corrected chi connectivity index (χ3v) is 2.73. The van der Waals surface area contributed by atoms with Crippen LogP contribution >= 0.6 is 0 Å². The van der Waals surface area contributed by atoms with E-state index in [-0.39, 0.29) is 0 Å². The normalized spacial score (nSPS) is 10.8. The number of fused-ring (bicyclic) bond motifs is 1. The number of hydrogen-bond donors (Lipinski definition) is 1. The highest BCUT2D eigenvalue weighted by Crippen LogP contribution is 2.34. The van der Waals surface area contributed by atoms with Crippen molar-refractivity contribution in [2.24, 2.45) is 0 Å². The minimum absolute atomic E-state index is 0.301. The Bertz CT molecular complexity index is 585. The smallest absolute Gasteiger partial charge is 0.163 e. The molecule has 1 heterocycles. The summed E-state index contributed by atoms with van der Waals surface area (Å²) in [5.41, 5.74) is 0.843. The van der Waals surface area contributed by atoms with Crippen LogP contribution in [-0.4, -0.2) is 29.2 Å². The molecule has 0 aliphatic carbocycles. The summed E-state index contributed by atoms with van der Waals surface area (Å²) in [5.74, 6) is 2.26. The van der Waals surface area contributed by atoms with Crippen molar-refractivity contribution in [3.05, 3.63) is 18.5 Å². The average Bonchev–Trinajstić information content (AvgIpc) is 2.40. The van der Waals surface area contributed by atoms with Gasteiger partial charge in [0.15, 0.2) is 11.5 Å². The first-order chi connectivity index (χ1) is 9.65. The molecule has 0 amide bonds. The second kappa shape index (κ2) is 6.41. The van der Waals surface area contributed by atoms with Crippen LogP contribution in [-0.2, 0) is 0 Å². The summed E-state index contributed by atoms with van der Waals surface area (Å²) in [7, 11) is 0. The Morgan fingerprint density at radius 1 is 1.05 bits per heavy atom. The molecular formula is C15H21N3O2. The molecule has 5 nitrogen and oxygen atoms in total. The number of benzene rings is 1. The van der Waals surface area contributed by atoms with Crippen molar-refractivity contribution in [1.82, 2.24) is 9.97 Å². The fourth-order valence-corrected chi connectivity index (χ4v) is 1.99. The molecule has 0 radical (unpaired) electrons. The quantitative estimate of drug-likeness (QED) is 0.877. The highest BCUT2D eigenvalue weighted by molar-refractivity contribution is 5.91. The molecule has 5 heteroatoms. The fourth-order valence-electron chi connectivity index (χ4n) is 1.99. The first kappa shape index (κ1) is 14.4. The molecule has 0 saturated carbocycles. The third-order valence-electron chi connectivity index (χ3n) is 2.73. The zero-order valence-electron chi connectivity index (χ0n) is 12.4. The van der Waals surface area contributed by atoms with Gasteiger partial charge in [-0.05, 0) is 33.8 Å². The van der Waals surface area contributed by atoms with Gasteiger partial charge in [-0.25, -0.2) is 9.97 Å². The highest BCUT2D eigenvalue weighted by Gasteiger charge is 2.12. The third kappa shape index (κ3) is 3.10. The molecule has 1 aromatic carbocycles. The van der Waals surface area contributed by atoms with E-state index in [2.05, 4.69) is 29.1 Å². The van der Waals surface area contributed by atoms with E-state index < -0.39 is 0 Å². The molecule has 0 fully saturated rings. The summed E-state index contributed by atoms with van der Waals surface area (Å²) in [6.45, 7) is 9.23. The summed E-state index contributed by atoms with van der Waals surface area (Å²) in [6.07, 6.45) is 1.56. The summed E-state index contributed by atoms with van der Waals surface area (Å²) < 4.78 is 11.3. The summed E-state index contributed by atoms with van der Waals surface area (Å²) in [5, 5.41) is 4.26. The zero-order chi connectivity index (χ0) is 14.5. The molecule has 0 atom stereocenters. The standard InChI is InChI=1S/C15H21N3O2/c1-5-19-13-7-11-12(8-14(13)20-6-2)16-9-17-15(11)18-10(3)4/h7-10H,5-6H2,1-4H3,(H,16,17,18). The van der Waals surface area contributed by atoms with Gasteiger partial charge >= 0.3 is 0 Å². The van der Waals surface area contributed by atoms with Crippen molar-refractivity contribution >= 4 is 16.7 Å². The van der Waals surface area contributed by atoms with E-state index in [1.807, 2.05) is 26.0 Å². The first-order valence-corrected chi connectivity index (χ1v) is 6.96. The maximum atomic E-state index is 5.65. The molecule has 2 aromatic rings. The fraction of sp³-hybridized carbons (Fsp3) is 0.467. The van der Waals surface area contributed by atoms with Crippen LogP contribution < -0.4 is 14.8 Å². The van der Waals surface area contributed by atoms with E-state index >= 15 is 0 Å². The van der Waals surface area contributed by atoms with Gasteiger partial charge in [0.2, 0.25) is 0 Å². The topological polar surface area (TPSA) is 56.3 Å². The van der Waals surface area contributed by atoms with Gasteiger partial charge in [-0.1, -0.05) is 0 Å². The second-order valence-corrected chi connectivity index (χ2v) is 4.70. The molecule has 0 unspecified atom stereocenters. The molecule has 2 rings (SSSR count). The van der Waals surface area contributed by atoms with Crippen molar-refractivity contribution in [2.75, 3.05) is 18.5 Å². The van der Waals surface area contributed by atoms with Crippen molar-refractivity contribution in [3.8, 4) is 11.5 Å². The van der Waals surface area contributed by atoms with Crippen LogP contribution in [0.3, 0.4) is 0 Å². The lowest BCUT2D eigenvalue weighted by molar-refractivity contribution is 0.288. The van der Waals surface area contributed by atoms with Crippen LogP contribution in [0.15, 0.2) is 18.5 Å². The molecule has 1 N–H and O–H groups in total. The first-order valence-electron chi connectivity index (χ1n) is 6.96. The van der Waals surface area contributed by atoms with Gasteiger partial charge in [0.1, 0.15) is 12.1 Å². The largest absolute Gasteiger partial charge is 0.490 e. The maximum absolute atomic E-state index is 5.65. The van der Waals surface area contributed by atoms with E-state index in [0.717, 1.165) is 28.2 Å². The number of nitrogens with one attached hydrogen (secondary N) is 1. The van der Waals surface area contributed by atoms with Crippen molar-refractivity contribution < 1.29 is 9.47 Å². The molecule has 0 bridgehead atoms. The van der Waals surface area contributed by atoms with Gasteiger partial charge in [-0.15, -0.1) is 0 Å². The predicted molar refractivity (Wildman–Crippen MR) is 80.6 cm³/mol. The molecule has 0 aliphatic heterocycles. The Morgan fingerprint density at radius 3 is 2.30 bits per heavy atom. The van der Waals surface area contributed by atoms with E-state index in [1.165, 1.54) is 0 Å². The number of ether oxygens (including phenoxy) is 2. The SMILES string of the molecule is CCOc1cc2ncnc(NC(C)C)c2cc1OCC. The summed E-state index contributed by atoms with van der Waals surface area (Å²) >= 11 is 0. The van der Waals surface area contributed by atoms with E-state index in [0.29, 0.717) is 19.3 Å². The van der Waals surface area contributed by atoms with Gasteiger partial charge in [-0.2, -0.15) is 0 Å². The maximum Gasteiger partial charge on any atom is 0.163 e. The number of aromatic nitrogens is 2. The van der Waals surface area contributed by atoms with Crippen molar-refractivity contribution in [1.29, 1.82) is 0 Å². The van der Waals surface area contributed by atoms with Gasteiger partial charge in [0.25, 0.3) is 0 Å². The Kier molecular flexibility index (Phi) is 4.61. The van der Waals surface area contributed by atoms with E-state index in [9.17, 15) is 0 Å². The molecule has 0 spiro atoms. The lowest BCUT2D eigenvalue weighted by atomic mass is 10.2. The average molecular weight is 275 g/mol. The number of hydrogen-bond acceptors (Lipinski definition) is 5. The minimum atomic E-state index is 0.301. The van der Waals surface area contributed by atoms with Crippen LogP contribution in [0, 0.1) is 0 Å². The predicted octanol–water partition coefficient (Wildman–Crippen LogP) is 3.25. The van der Waals surface area contributed by atoms with Crippen LogP contribution in [0.5, 0.6) is 11.5 Å². The summed E-state index contributed by atoms with van der Waals surface area (Å²) in [4.78, 5) is 8.61. The van der Waals surface area contributed by atoms with Gasteiger partial charge < -0.3 is 14.8 Å². The van der Waals surface area contributed by atoms with E-state index in [4.69, 9.17) is 9.47 Å². The zero-order valence-corrected chi connectivity index (χ0v) is 12.4. The van der Waals surface area contributed by atoms with Crippen LogP contribution in [0.4, 0.5) is 5.82 Å². The lowest BCUT2D eigenvalue weighted by Gasteiger charge is -2.15. The highest BCUT2D eigenvalue weighted by atomic mass is 16.5. The Morgan fingerprint density at radius 2 is 1.70 bits per heavy atom.